The van der Waals surface area contributed by atoms with Crippen molar-refractivity contribution in [1.82, 2.24) is 9.03 Å². The minimum atomic E-state index is -3.98. The maximum Gasteiger partial charge on any atom is 0.269 e. The highest BCUT2D eigenvalue weighted by Gasteiger charge is 2.33. The van der Waals surface area contributed by atoms with E-state index in [4.69, 9.17) is 4.74 Å². The summed E-state index contributed by atoms with van der Waals surface area (Å²) >= 11 is 0. The molecule has 1 saturated heterocycles. The highest BCUT2D eigenvalue weighted by atomic mass is 32.2. The minimum absolute atomic E-state index is 0.0334. The lowest BCUT2D eigenvalue weighted by Gasteiger charge is -2.22. The first-order valence-corrected chi connectivity index (χ1v) is 13.6. The van der Waals surface area contributed by atoms with Crippen LogP contribution >= 0.6 is 0 Å². The third-order valence-electron chi connectivity index (χ3n) is 5.25. The standard InChI is InChI=1S/C21H24N4O9S2/c1-16(3-2-12-22-35(30,31)20-8-4-17(5-9-20)24(26)27)13-23(14-19-15-34-19)36(32,33)21-10-6-18(7-11-21)25(28)29/h4-11,19,22H,1-3,12-15H2. The molecule has 0 spiro atoms. The van der Waals surface area contributed by atoms with Gasteiger partial charge in [-0.3, -0.25) is 20.2 Å². The van der Waals surface area contributed by atoms with Gasteiger partial charge in [0.15, 0.2) is 0 Å². The van der Waals surface area contributed by atoms with Gasteiger partial charge in [-0.1, -0.05) is 12.2 Å². The van der Waals surface area contributed by atoms with Gasteiger partial charge in [-0.05, 0) is 37.1 Å². The van der Waals surface area contributed by atoms with E-state index >= 15 is 0 Å². The number of ether oxygens (including phenoxy) is 1. The molecule has 1 heterocycles. The SMILES string of the molecule is C=C(CCCNS(=O)(=O)c1ccc([N+](=O)[O-])cc1)CN(CC1CO1)S(=O)(=O)c1ccc([N+](=O)[O-])cc1. The summed E-state index contributed by atoms with van der Waals surface area (Å²) in [7, 11) is -7.86. The number of nitro benzene ring substituents is 2. The van der Waals surface area contributed by atoms with E-state index in [9.17, 15) is 37.1 Å². The summed E-state index contributed by atoms with van der Waals surface area (Å²) in [5, 5.41) is 21.6. The van der Waals surface area contributed by atoms with E-state index in [0.29, 0.717) is 25.0 Å². The Morgan fingerprint density at radius 1 is 0.972 bits per heavy atom. The molecule has 15 heteroatoms. The Balaban J connectivity index is 1.57. The van der Waals surface area contributed by atoms with Crippen molar-refractivity contribution in [2.45, 2.75) is 28.7 Å². The first-order valence-electron chi connectivity index (χ1n) is 10.7. The second-order valence-corrected chi connectivity index (χ2v) is 11.7. The fourth-order valence-electron chi connectivity index (χ4n) is 3.24. The van der Waals surface area contributed by atoms with Gasteiger partial charge in [0.1, 0.15) is 0 Å². The van der Waals surface area contributed by atoms with Crippen LogP contribution in [0.3, 0.4) is 0 Å². The van der Waals surface area contributed by atoms with Gasteiger partial charge in [0.25, 0.3) is 11.4 Å². The van der Waals surface area contributed by atoms with Gasteiger partial charge in [0.2, 0.25) is 20.0 Å². The third kappa shape index (κ3) is 7.14. The monoisotopic (exact) mass is 540 g/mol. The van der Waals surface area contributed by atoms with Gasteiger partial charge in [-0.25, -0.2) is 21.6 Å². The lowest BCUT2D eigenvalue weighted by molar-refractivity contribution is -0.385. The maximum absolute atomic E-state index is 13.1. The molecular weight excluding hydrogens is 516 g/mol. The number of benzene rings is 2. The molecule has 13 nitrogen and oxygen atoms in total. The average molecular weight is 541 g/mol. The Morgan fingerprint density at radius 2 is 1.47 bits per heavy atom. The number of epoxide rings is 1. The predicted octanol–water partition coefficient (Wildman–Crippen LogP) is 2.21. The van der Waals surface area contributed by atoms with Gasteiger partial charge in [0.05, 0.1) is 32.3 Å². The predicted molar refractivity (Wildman–Crippen MR) is 128 cm³/mol. The maximum atomic E-state index is 13.1. The molecule has 0 saturated carbocycles. The summed E-state index contributed by atoms with van der Waals surface area (Å²) in [5.74, 6) is 0. The molecule has 1 aliphatic heterocycles. The van der Waals surface area contributed by atoms with E-state index in [2.05, 4.69) is 11.3 Å². The molecule has 1 N–H and O–H groups in total. The Hall–Kier alpha value is -3.24. The van der Waals surface area contributed by atoms with E-state index in [1.165, 1.54) is 16.4 Å². The van der Waals surface area contributed by atoms with Crippen molar-refractivity contribution in [3.63, 3.8) is 0 Å². The normalized spacial score (nSPS) is 15.5. The second kappa shape index (κ2) is 11.2. The summed E-state index contributed by atoms with van der Waals surface area (Å²) < 4.78 is 59.7. The van der Waals surface area contributed by atoms with Crippen molar-refractivity contribution in [2.24, 2.45) is 0 Å². The molecule has 194 valence electrons. The van der Waals surface area contributed by atoms with E-state index in [1.54, 1.807) is 0 Å². The zero-order valence-electron chi connectivity index (χ0n) is 19.0. The van der Waals surface area contributed by atoms with Crippen LogP contribution in [0.25, 0.3) is 0 Å². The summed E-state index contributed by atoms with van der Waals surface area (Å²) in [4.78, 5) is 20.1. The van der Waals surface area contributed by atoms with Crippen molar-refractivity contribution < 1.29 is 31.4 Å². The van der Waals surface area contributed by atoms with Gasteiger partial charge in [0, 0.05) is 43.9 Å². The quantitative estimate of drug-likeness (QED) is 0.123. The van der Waals surface area contributed by atoms with Gasteiger partial charge < -0.3 is 4.74 Å². The molecule has 0 amide bonds. The number of hydrogen-bond acceptors (Lipinski definition) is 9. The number of nitro groups is 2. The van der Waals surface area contributed by atoms with Crippen molar-refractivity contribution in [1.29, 1.82) is 0 Å². The number of non-ortho nitro benzene ring substituents is 2. The van der Waals surface area contributed by atoms with E-state index in [-0.39, 0.29) is 46.9 Å². The van der Waals surface area contributed by atoms with Crippen molar-refractivity contribution >= 4 is 31.4 Å². The number of nitrogens with zero attached hydrogens (tertiary/aromatic N) is 3. The van der Waals surface area contributed by atoms with Gasteiger partial charge in [-0.15, -0.1) is 0 Å². The van der Waals surface area contributed by atoms with Crippen LogP contribution in [0.5, 0.6) is 0 Å². The summed E-state index contributed by atoms with van der Waals surface area (Å²) in [6.45, 7) is 4.42. The molecule has 0 aromatic heterocycles. The third-order valence-corrected chi connectivity index (χ3v) is 8.55. The molecule has 2 aromatic carbocycles. The van der Waals surface area contributed by atoms with Crippen LogP contribution in [0.4, 0.5) is 11.4 Å². The number of nitrogens with one attached hydrogen (secondary N) is 1. The van der Waals surface area contributed by atoms with Crippen molar-refractivity contribution in [2.75, 3.05) is 26.2 Å². The lowest BCUT2D eigenvalue weighted by Crippen LogP contribution is -2.36. The number of rotatable bonds is 14. The molecular formula is C21H24N4O9S2. The Kier molecular flexibility index (Phi) is 8.52. The Morgan fingerprint density at radius 3 is 1.94 bits per heavy atom. The smallest absolute Gasteiger partial charge is 0.269 e. The largest absolute Gasteiger partial charge is 0.372 e. The number of hydrogen-bond donors (Lipinski definition) is 1. The molecule has 36 heavy (non-hydrogen) atoms. The van der Waals surface area contributed by atoms with Crippen LogP contribution in [0, 0.1) is 20.2 Å². The van der Waals surface area contributed by atoms with Crippen molar-refractivity contribution in [3.05, 3.63) is 80.9 Å². The highest BCUT2D eigenvalue weighted by molar-refractivity contribution is 7.89. The highest BCUT2D eigenvalue weighted by Crippen LogP contribution is 2.24. The molecule has 3 rings (SSSR count). The molecule has 1 aliphatic rings. The first-order chi connectivity index (χ1) is 16.9. The fraction of sp³-hybridized carbons (Fsp3) is 0.333. The Bertz CT molecular complexity index is 1340. The van der Waals surface area contributed by atoms with Crippen LogP contribution in [0.1, 0.15) is 12.8 Å². The molecule has 2 aromatic rings. The van der Waals surface area contributed by atoms with Crippen molar-refractivity contribution in [3.8, 4) is 0 Å². The lowest BCUT2D eigenvalue weighted by atomic mass is 10.1. The van der Waals surface area contributed by atoms with E-state index in [0.717, 1.165) is 36.4 Å². The molecule has 1 atom stereocenters. The van der Waals surface area contributed by atoms with Crippen LogP contribution in [-0.4, -0.2) is 63.3 Å². The second-order valence-electron chi connectivity index (χ2n) is 8.01. The summed E-state index contributed by atoms with van der Waals surface area (Å²) in [5.41, 5.74) is 0.0809. The van der Waals surface area contributed by atoms with Crippen LogP contribution in [-0.2, 0) is 24.8 Å². The molecule has 1 unspecified atom stereocenters. The van der Waals surface area contributed by atoms with Crippen LogP contribution < -0.4 is 4.72 Å². The number of sulfonamides is 2. The van der Waals surface area contributed by atoms with Gasteiger partial charge in [-0.2, -0.15) is 4.31 Å². The first kappa shape index (κ1) is 27.3. The zero-order valence-corrected chi connectivity index (χ0v) is 20.6. The van der Waals surface area contributed by atoms with Crippen LogP contribution in [0.2, 0.25) is 0 Å². The fourth-order valence-corrected chi connectivity index (χ4v) is 5.81. The van der Waals surface area contributed by atoms with Crippen LogP contribution in [0.15, 0.2) is 70.5 Å². The average Bonchev–Trinajstić information content (AvgIpc) is 3.65. The van der Waals surface area contributed by atoms with E-state index < -0.39 is 29.9 Å². The summed E-state index contributed by atoms with van der Waals surface area (Å²) in [6, 6.07) is 9.05. The zero-order chi connectivity index (χ0) is 26.5. The van der Waals surface area contributed by atoms with Gasteiger partial charge >= 0.3 is 0 Å². The Labute approximate surface area is 207 Å². The molecule has 0 aliphatic carbocycles. The van der Waals surface area contributed by atoms with E-state index in [1.807, 2.05) is 0 Å². The molecule has 0 radical (unpaired) electrons. The molecule has 1 fully saturated rings. The molecule has 0 bridgehead atoms. The topological polar surface area (TPSA) is 182 Å². The summed E-state index contributed by atoms with van der Waals surface area (Å²) in [6.07, 6.45) is 0.399. The minimum Gasteiger partial charge on any atom is -0.372 e.